The highest BCUT2D eigenvalue weighted by molar-refractivity contribution is 6.09. The van der Waals surface area contributed by atoms with Gasteiger partial charge in [0.05, 0.1) is 0 Å². The molecule has 2 aromatic carbocycles. The van der Waals surface area contributed by atoms with E-state index in [2.05, 4.69) is 10.6 Å². The quantitative estimate of drug-likeness (QED) is 0.526. The summed E-state index contributed by atoms with van der Waals surface area (Å²) in [5.74, 6) is -1.93. The smallest absolute Gasteiger partial charge is 0.327 e. The number of rotatable bonds is 7. The number of amides is 4. The van der Waals surface area contributed by atoms with Gasteiger partial charge in [0.25, 0.3) is 11.8 Å². The van der Waals surface area contributed by atoms with E-state index in [-0.39, 0.29) is 0 Å². The molecular formula is C23H25N3O5. The van der Waals surface area contributed by atoms with Gasteiger partial charge in [0, 0.05) is 5.69 Å². The molecule has 0 radical (unpaired) electrons. The first-order valence-corrected chi connectivity index (χ1v) is 10.0. The predicted octanol–water partition coefficient (Wildman–Crippen LogP) is 2.59. The molecule has 0 aromatic heterocycles. The summed E-state index contributed by atoms with van der Waals surface area (Å²) in [7, 11) is 0. The Hall–Kier alpha value is -3.68. The topological polar surface area (TPSA) is 105 Å². The lowest BCUT2D eigenvalue weighted by Gasteiger charge is -2.22. The lowest BCUT2D eigenvalue weighted by atomic mass is 9.92. The molecule has 1 saturated heterocycles. The molecule has 0 spiro atoms. The van der Waals surface area contributed by atoms with E-state index < -0.39 is 42.0 Å². The van der Waals surface area contributed by atoms with E-state index in [1.165, 1.54) is 6.92 Å². The first kappa shape index (κ1) is 22.0. The van der Waals surface area contributed by atoms with Gasteiger partial charge >= 0.3 is 12.0 Å². The Bertz CT molecular complexity index is 990. The van der Waals surface area contributed by atoms with Gasteiger partial charge in [-0.25, -0.2) is 4.79 Å². The van der Waals surface area contributed by atoms with Crippen molar-refractivity contribution in [2.75, 3.05) is 11.9 Å². The molecule has 2 atom stereocenters. The van der Waals surface area contributed by atoms with Crippen molar-refractivity contribution >= 4 is 29.5 Å². The first-order valence-electron chi connectivity index (χ1n) is 10.0. The van der Waals surface area contributed by atoms with Gasteiger partial charge < -0.3 is 15.4 Å². The lowest BCUT2D eigenvalue weighted by molar-refractivity contribution is -0.155. The van der Waals surface area contributed by atoms with Crippen molar-refractivity contribution in [2.45, 2.75) is 38.8 Å². The van der Waals surface area contributed by atoms with Gasteiger partial charge in [-0.05, 0) is 43.5 Å². The van der Waals surface area contributed by atoms with Crippen LogP contribution in [0, 0.1) is 0 Å². The van der Waals surface area contributed by atoms with Crippen LogP contribution in [0.5, 0.6) is 0 Å². The minimum atomic E-state index is -1.27. The number of anilines is 1. The SMILES string of the molecule is CCc1ccc(NC(=O)[C@H](C)OC(=O)CN2C(=O)N[C@@](C)(c3ccccc3)C2=O)cc1. The zero-order valence-corrected chi connectivity index (χ0v) is 17.7. The number of esters is 1. The largest absolute Gasteiger partial charge is 0.451 e. The Labute approximate surface area is 180 Å². The van der Waals surface area contributed by atoms with Gasteiger partial charge in [0.2, 0.25) is 0 Å². The maximum absolute atomic E-state index is 12.8. The number of aryl methyl sites for hydroxylation is 1. The fraction of sp³-hybridized carbons (Fsp3) is 0.304. The molecule has 0 unspecified atom stereocenters. The van der Waals surface area contributed by atoms with Crippen LogP contribution in [0.2, 0.25) is 0 Å². The molecule has 4 amide bonds. The van der Waals surface area contributed by atoms with Crippen LogP contribution in [-0.2, 0) is 31.1 Å². The summed E-state index contributed by atoms with van der Waals surface area (Å²) in [6, 6.07) is 15.4. The van der Waals surface area contributed by atoms with E-state index in [1.54, 1.807) is 49.4 Å². The summed E-state index contributed by atoms with van der Waals surface area (Å²) >= 11 is 0. The molecular weight excluding hydrogens is 398 g/mol. The van der Waals surface area contributed by atoms with Crippen molar-refractivity contribution in [2.24, 2.45) is 0 Å². The number of nitrogens with zero attached hydrogens (tertiary/aromatic N) is 1. The summed E-state index contributed by atoms with van der Waals surface area (Å²) < 4.78 is 5.14. The number of nitrogens with one attached hydrogen (secondary N) is 2. The standard InChI is InChI=1S/C23H25N3O5/c1-4-16-10-12-18(13-11-16)24-20(28)15(2)31-19(27)14-26-21(29)23(3,25-22(26)30)17-8-6-5-7-9-17/h5-13,15H,4,14H2,1-3H3,(H,24,28)(H,25,30)/t15-,23-/m0/s1. The summed E-state index contributed by atoms with van der Waals surface area (Å²) in [5.41, 5.74) is 1.05. The molecule has 8 nitrogen and oxygen atoms in total. The molecule has 0 bridgehead atoms. The third kappa shape index (κ3) is 4.74. The highest BCUT2D eigenvalue weighted by atomic mass is 16.5. The predicted molar refractivity (Wildman–Crippen MR) is 114 cm³/mol. The molecule has 1 aliphatic heterocycles. The Balaban J connectivity index is 1.58. The number of hydrogen-bond acceptors (Lipinski definition) is 5. The molecule has 1 fully saturated rings. The minimum absolute atomic E-state index is 0.510. The zero-order valence-electron chi connectivity index (χ0n) is 17.7. The fourth-order valence-corrected chi connectivity index (χ4v) is 3.29. The van der Waals surface area contributed by atoms with Crippen LogP contribution in [0.3, 0.4) is 0 Å². The Kier molecular flexibility index (Phi) is 6.39. The number of benzene rings is 2. The molecule has 31 heavy (non-hydrogen) atoms. The van der Waals surface area contributed by atoms with Gasteiger partial charge in [-0.15, -0.1) is 0 Å². The third-order valence-corrected chi connectivity index (χ3v) is 5.22. The van der Waals surface area contributed by atoms with E-state index in [0.717, 1.165) is 16.9 Å². The summed E-state index contributed by atoms with van der Waals surface area (Å²) in [4.78, 5) is 50.6. The number of imide groups is 1. The minimum Gasteiger partial charge on any atom is -0.451 e. The van der Waals surface area contributed by atoms with Gasteiger partial charge in [-0.2, -0.15) is 0 Å². The molecule has 1 aliphatic rings. The van der Waals surface area contributed by atoms with Crippen LogP contribution in [-0.4, -0.2) is 41.4 Å². The van der Waals surface area contributed by atoms with Crippen molar-refractivity contribution < 1.29 is 23.9 Å². The highest BCUT2D eigenvalue weighted by Gasteiger charge is 2.49. The second-order valence-electron chi connectivity index (χ2n) is 7.48. The molecule has 8 heteroatoms. The van der Waals surface area contributed by atoms with Crippen LogP contribution in [0.25, 0.3) is 0 Å². The van der Waals surface area contributed by atoms with Gasteiger partial charge in [-0.1, -0.05) is 49.4 Å². The van der Waals surface area contributed by atoms with Crippen LogP contribution in [0.15, 0.2) is 54.6 Å². The number of carbonyl (C=O) groups excluding carboxylic acids is 4. The zero-order chi connectivity index (χ0) is 22.6. The van der Waals surface area contributed by atoms with Gasteiger partial charge in [-0.3, -0.25) is 19.3 Å². The normalized spacial score (nSPS) is 19.0. The van der Waals surface area contributed by atoms with Gasteiger partial charge in [0.1, 0.15) is 12.1 Å². The molecule has 2 aromatic rings. The van der Waals surface area contributed by atoms with Crippen molar-refractivity contribution in [1.29, 1.82) is 0 Å². The first-order chi connectivity index (χ1) is 14.7. The molecule has 2 N–H and O–H groups in total. The van der Waals surface area contributed by atoms with E-state index in [4.69, 9.17) is 4.74 Å². The number of carbonyl (C=O) groups is 4. The summed E-state index contributed by atoms with van der Waals surface area (Å²) in [6.07, 6.45) is -0.214. The average molecular weight is 423 g/mol. The van der Waals surface area contributed by atoms with Crippen LogP contribution in [0.4, 0.5) is 10.5 Å². The highest BCUT2D eigenvalue weighted by Crippen LogP contribution is 2.28. The Morgan fingerprint density at radius 2 is 1.74 bits per heavy atom. The van der Waals surface area contributed by atoms with Crippen molar-refractivity contribution in [3.8, 4) is 0 Å². The van der Waals surface area contributed by atoms with Crippen molar-refractivity contribution in [3.63, 3.8) is 0 Å². The summed E-state index contributed by atoms with van der Waals surface area (Å²) in [5, 5.41) is 5.29. The summed E-state index contributed by atoms with van der Waals surface area (Å²) in [6.45, 7) is 4.44. The maximum atomic E-state index is 12.8. The second-order valence-corrected chi connectivity index (χ2v) is 7.48. The molecule has 3 rings (SSSR count). The monoisotopic (exact) mass is 423 g/mol. The second kappa shape index (κ2) is 8.99. The molecule has 0 aliphatic carbocycles. The number of ether oxygens (including phenoxy) is 1. The average Bonchev–Trinajstić information content (AvgIpc) is 2.98. The van der Waals surface area contributed by atoms with E-state index >= 15 is 0 Å². The van der Waals surface area contributed by atoms with E-state index in [1.807, 2.05) is 19.1 Å². The van der Waals surface area contributed by atoms with E-state index in [0.29, 0.717) is 11.3 Å². The van der Waals surface area contributed by atoms with E-state index in [9.17, 15) is 19.2 Å². The maximum Gasteiger partial charge on any atom is 0.327 e. The van der Waals surface area contributed by atoms with Crippen LogP contribution < -0.4 is 10.6 Å². The lowest BCUT2D eigenvalue weighted by Crippen LogP contribution is -2.42. The molecule has 0 saturated carbocycles. The molecule has 162 valence electrons. The molecule has 1 heterocycles. The Morgan fingerprint density at radius 3 is 2.35 bits per heavy atom. The Morgan fingerprint density at radius 1 is 1.10 bits per heavy atom. The van der Waals surface area contributed by atoms with Crippen molar-refractivity contribution in [3.05, 3.63) is 65.7 Å². The van der Waals surface area contributed by atoms with Crippen molar-refractivity contribution in [1.82, 2.24) is 10.2 Å². The fourth-order valence-electron chi connectivity index (χ4n) is 3.29. The number of urea groups is 1. The van der Waals surface area contributed by atoms with Crippen LogP contribution in [0.1, 0.15) is 31.9 Å². The van der Waals surface area contributed by atoms with Crippen LogP contribution >= 0.6 is 0 Å². The van der Waals surface area contributed by atoms with Gasteiger partial charge in [0.15, 0.2) is 6.10 Å². The third-order valence-electron chi connectivity index (χ3n) is 5.22. The number of hydrogen-bond donors (Lipinski definition) is 2.